The normalized spacial score (nSPS) is 10.7. The van der Waals surface area contributed by atoms with Gasteiger partial charge in [-0.2, -0.15) is 0 Å². The highest BCUT2D eigenvalue weighted by atomic mass is 19.1. The molecule has 0 aromatic heterocycles. The Bertz CT molecular complexity index is 323. The van der Waals surface area contributed by atoms with Gasteiger partial charge in [0.05, 0.1) is 11.4 Å². The van der Waals surface area contributed by atoms with Crippen molar-refractivity contribution < 1.29 is 4.39 Å². The first-order valence-electron chi connectivity index (χ1n) is 5.34. The molecule has 0 saturated carbocycles. The molecule has 1 rings (SSSR count). The van der Waals surface area contributed by atoms with E-state index in [0.717, 1.165) is 18.8 Å². The third-order valence-corrected chi connectivity index (χ3v) is 2.30. The van der Waals surface area contributed by atoms with Gasteiger partial charge in [-0.3, -0.25) is 0 Å². The van der Waals surface area contributed by atoms with Crippen molar-refractivity contribution in [1.82, 2.24) is 0 Å². The number of hydrogen-bond acceptors (Lipinski definition) is 2. The maximum absolute atomic E-state index is 13.1. The molecular formula is C12H19FN2. The molecule has 15 heavy (non-hydrogen) atoms. The van der Waals surface area contributed by atoms with E-state index in [4.69, 9.17) is 5.73 Å². The zero-order chi connectivity index (χ0) is 11.4. The van der Waals surface area contributed by atoms with Crippen molar-refractivity contribution in [3.63, 3.8) is 0 Å². The average Bonchev–Trinajstić information content (AvgIpc) is 2.18. The van der Waals surface area contributed by atoms with E-state index in [0.29, 0.717) is 11.6 Å². The number of rotatable bonds is 4. The largest absolute Gasteiger partial charge is 0.397 e. The van der Waals surface area contributed by atoms with Crippen LogP contribution < -0.4 is 10.6 Å². The first-order chi connectivity index (χ1) is 7.04. The quantitative estimate of drug-likeness (QED) is 0.774. The molecule has 2 nitrogen and oxygen atoms in total. The van der Waals surface area contributed by atoms with Crippen LogP contribution in [0.1, 0.15) is 20.8 Å². The molecule has 0 aliphatic heterocycles. The van der Waals surface area contributed by atoms with Crippen LogP contribution in [0.15, 0.2) is 18.2 Å². The van der Waals surface area contributed by atoms with E-state index < -0.39 is 0 Å². The third kappa shape index (κ3) is 3.11. The third-order valence-electron chi connectivity index (χ3n) is 2.30. The Morgan fingerprint density at radius 3 is 2.60 bits per heavy atom. The first kappa shape index (κ1) is 11.8. The van der Waals surface area contributed by atoms with Crippen LogP contribution in [0.3, 0.4) is 0 Å². The second-order valence-electron chi connectivity index (χ2n) is 4.14. The molecule has 0 fully saturated rings. The number of nitrogens with two attached hydrogens (primary N) is 1. The van der Waals surface area contributed by atoms with Crippen LogP contribution in [0.2, 0.25) is 0 Å². The average molecular weight is 210 g/mol. The van der Waals surface area contributed by atoms with Crippen molar-refractivity contribution in [3.8, 4) is 0 Å². The Kier molecular flexibility index (Phi) is 3.95. The van der Waals surface area contributed by atoms with Gasteiger partial charge < -0.3 is 10.6 Å². The standard InChI is InChI=1S/C12H19FN2/c1-4-15(8-9(2)3)12-7-10(13)5-6-11(12)14/h5-7,9H,4,8,14H2,1-3H3. The van der Waals surface area contributed by atoms with Crippen LogP contribution in [0.25, 0.3) is 0 Å². The van der Waals surface area contributed by atoms with Gasteiger partial charge in [0.1, 0.15) is 5.82 Å². The Morgan fingerprint density at radius 2 is 2.07 bits per heavy atom. The fourth-order valence-electron chi connectivity index (χ4n) is 1.63. The van der Waals surface area contributed by atoms with E-state index in [-0.39, 0.29) is 5.82 Å². The van der Waals surface area contributed by atoms with Gasteiger partial charge >= 0.3 is 0 Å². The molecule has 0 radical (unpaired) electrons. The summed E-state index contributed by atoms with van der Waals surface area (Å²) < 4.78 is 13.1. The van der Waals surface area contributed by atoms with Crippen LogP contribution in [-0.4, -0.2) is 13.1 Å². The molecule has 0 saturated heterocycles. The maximum atomic E-state index is 13.1. The Morgan fingerprint density at radius 1 is 1.40 bits per heavy atom. The highest BCUT2D eigenvalue weighted by molar-refractivity contribution is 5.67. The van der Waals surface area contributed by atoms with Gasteiger partial charge in [-0.05, 0) is 31.0 Å². The topological polar surface area (TPSA) is 29.3 Å². The molecule has 84 valence electrons. The molecule has 0 unspecified atom stereocenters. The summed E-state index contributed by atoms with van der Waals surface area (Å²) in [5.41, 5.74) is 7.27. The molecular weight excluding hydrogens is 191 g/mol. The zero-order valence-electron chi connectivity index (χ0n) is 9.63. The summed E-state index contributed by atoms with van der Waals surface area (Å²) in [6.07, 6.45) is 0. The van der Waals surface area contributed by atoms with Crippen molar-refractivity contribution in [1.29, 1.82) is 0 Å². The van der Waals surface area contributed by atoms with Crippen LogP contribution in [0.4, 0.5) is 15.8 Å². The van der Waals surface area contributed by atoms with Crippen LogP contribution in [-0.2, 0) is 0 Å². The fourth-order valence-corrected chi connectivity index (χ4v) is 1.63. The maximum Gasteiger partial charge on any atom is 0.125 e. The van der Waals surface area contributed by atoms with Crippen molar-refractivity contribution in [2.45, 2.75) is 20.8 Å². The molecule has 0 bridgehead atoms. The van der Waals surface area contributed by atoms with Crippen molar-refractivity contribution >= 4 is 11.4 Å². The lowest BCUT2D eigenvalue weighted by atomic mass is 10.1. The molecule has 1 aromatic carbocycles. The zero-order valence-corrected chi connectivity index (χ0v) is 9.63. The first-order valence-corrected chi connectivity index (χ1v) is 5.34. The van der Waals surface area contributed by atoms with Crippen molar-refractivity contribution in [3.05, 3.63) is 24.0 Å². The van der Waals surface area contributed by atoms with E-state index in [9.17, 15) is 4.39 Å². The predicted molar refractivity (Wildman–Crippen MR) is 63.5 cm³/mol. The fraction of sp³-hybridized carbons (Fsp3) is 0.500. The second kappa shape index (κ2) is 5.01. The summed E-state index contributed by atoms with van der Waals surface area (Å²) in [7, 11) is 0. The lowest BCUT2D eigenvalue weighted by molar-refractivity contribution is 0.609. The molecule has 0 heterocycles. The SMILES string of the molecule is CCN(CC(C)C)c1cc(F)ccc1N. The highest BCUT2D eigenvalue weighted by Gasteiger charge is 2.10. The van der Waals surface area contributed by atoms with Gasteiger partial charge in [-0.15, -0.1) is 0 Å². The summed E-state index contributed by atoms with van der Waals surface area (Å²) in [4.78, 5) is 2.10. The number of benzene rings is 1. The number of nitrogen functional groups attached to an aromatic ring is 1. The monoisotopic (exact) mass is 210 g/mol. The van der Waals surface area contributed by atoms with Gasteiger partial charge in [0.15, 0.2) is 0 Å². The Hall–Kier alpha value is -1.25. The molecule has 0 amide bonds. The van der Waals surface area contributed by atoms with Crippen LogP contribution in [0.5, 0.6) is 0 Å². The molecule has 2 N–H and O–H groups in total. The van der Waals surface area contributed by atoms with Gasteiger partial charge in [0, 0.05) is 13.1 Å². The number of anilines is 2. The minimum absolute atomic E-state index is 0.235. The highest BCUT2D eigenvalue weighted by Crippen LogP contribution is 2.24. The van der Waals surface area contributed by atoms with Crippen molar-refractivity contribution in [2.75, 3.05) is 23.7 Å². The summed E-state index contributed by atoms with van der Waals surface area (Å²) in [6.45, 7) is 8.05. The summed E-state index contributed by atoms with van der Waals surface area (Å²) in [6, 6.07) is 4.51. The number of hydrogen-bond donors (Lipinski definition) is 1. The van der Waals surface area contributed by atoms with Crippen molar-refractivity contribution in [2.24, 2.45) is 5.92 Å². The Labute approximate surface area is 90.9 Å². The lowest BCUT2D eigenvalue weighted by Gasteiger charge is -2.26. The molecule has 0 aliphatic rings. The number of nitrogens with zero attached hydrogens (tertiary/aromatic N) is 1. The second-order valence-corrected chi connectivity index (χ2v) is 4.14. The van der Waals surface area contributed by atoms with Gasteiger partial charge in [0.2, 0.25) is 0 Å². The Balaban J connectivity index is 2.95. The molecule has 0 aliphatic carbocycles. The van der Waals surface area contributed by atoms with E-state index in [2.05, 4.69) is 18.7 Å². The van der Waals surface area contributed by atoms with Gasteiger partial charge in [-0.1, -0.05) is 13.8 Å². The predicted octanol–water partition coefficient (Wildman–Crippen LogP) is 2.89. The minimum Gasteiger partial charge on any atom is -0.397 e. The summed E-state index contributed by atoms with van der Waals surface area (Å²) in [5.74, 6) is 0.300. The number of halogens is 1. The van der Waals surface area contributed by atoms with Crippen LogP contribution >= 0.6 is 0 Å². The summed E-state index contributed by atoms with van der Waals surface area (Å²) in [5, 5.41) is 0. The van der Waals surface area contributed by atoms with Gasteiger partial charge in [0.25, 0.3) is 0 Å². The van der Waals surface area contributed by atoms with Crippen LogP contribution in [0, 0.1) is 11.7 Å². The molecule has 0 atom stereocenters. The van der Waals surface area contributed by atoms with E-state index in [1.54, 1.807) is 6.07 Å². The van der Waals surface area contributed by atoms with E-state index in [1.165, 1.54) is 12.1 Å². The minimum atomic E-state index is -0.235. The smallest absolute Gasteiger partial charge is 0.125 e. The van der Waals surface area contributed by atoms with Gasteiger partial charge in [-0.25, -0.2) is 4.39 Å². The van der Waals surface area contributed by atoms with E-state index >= 15 is 0 Å². The van der Waals surface area contributed by atoms with E-state index in [1.807, 2.05) is 6.92 Å². The summed E-state index contributed by atoms with van der Waals surface area (Å²) >= 11 is 0. The molecule has 1 aromatic rings. The lowest BCUT2D eigenvalue weighted by Crippen LogP contribution is -2.28. The molecule has 3 heteroatoms. The molecule has 0 spiro atoms.